The number of amides is 1. The van der Waals surface area contributed by atoms with E-state index in [0.717, 1.165) is 56.2 Å². The first-order valence-corrected chi connectivity index (χ1v) is 10.5. The van der Waals surface area contributed by atoms with E-state index in [1.54, 1.807) is 10.6 Å². The minimum atomic E-state index is -4.49. The molecule has 11 heteroatoms. The van der Waals surface area contributed by atoms with Gasteiger partial charge in [0.05, 0.1) is 22.7 Å². The summed E-state index contributed by atoms with van der Waals surface area (Å²) in [6.07, 6.45) is 0.143. The maximum Gasteiger partial charge on any atom is 0.416 e. The summed E-state index contributed by atoms with van der Waals surface area (Å²) < 4.78 is 41.2. The fourth-order valence-corrected chi connectivity index (χ4v) is 4.00. The van der Waals surface area contributed by atoms with Crippen molar-refractivity contribution < 1.29 is 18.0 Å². The van der Waals surface area contributed by atoms with Gasteiger partial charge in [-0.1, -0.05) is 17.8 Å². The van der Waals surface area contributed by atoms with E-state index in [1.165, 1.54) is 6.07 Å². The zero-order chi connectivity index (χ0) is 21.7. The molecule has 1 saturated heterocycles. The number of thioether (sulfide) groups is 1. The number of nitrogens with two attached hydrogens (primary N) is 1. The van der Waals surface area contributed by atoms with Crippen LogP contribution in [0, 0.1) is 0 Å². The molecule has 2 aromatic rings. The lowest BCUT2D eigenvalue weighted by atomic mass is 10.1. The molecule has 7 nitrogen and oxygen atoms in total. The molecule has 3 rings (SSSR count). The molecule has 2 heterocycles. The predicted molar refractivity (Wildman–Crippen MR) is 111 cm³/mol. The number of nitrogen functional groups attached to an aromatic ring is 1. The van der Waals surface area contributed by atoms with Crippen molar-refractivity contribution in [1.29, 1.82) is 0 Å². The number of halogens is 3. The Morgan fingerprint density at radius 2 is 2.00 bits per heavy atom. The highest BCUT2D eigenvalue weighted by atomic mass is 32.2. The Morgan fingerprint density at radius 3 is 2.67 bits per heavy atom. The van der Waals surface area contributed by atoms with Gasteiger partial charge in [-0.25, -0.2) is 0 Å². The number of benzene rings is 1. The van der Waals surface area contributed by atoms with Crippen molar-refractivity contribution in [3.05, 3.63) is 36.4 Å². The zero-order valence-corrected chi connectivity index (χ0v) is 17.1. The number of nitrogens with one attached hydrogen (secondary N) is 1. The SMILES string of the molecule is C=CCn1c(N)nnc1SCC(=O)Nc1cc(C(F)(F)F)ccc1N1CCCCC1. The molecular formula is C19H23F3N6OS. The summed E-state index contributed by atoms with van der Waals surface area (Å²) in [7, 11) is 0. The lowest BCUT2D eigenvalue weighted by Gasteiger charge is -2.31. The van der Waals surface area contributed by atoms with Crippen LogP contribution in [0.2, 0.25) is 0 Å². The van der Waals surface area contributed by atoms with Crippen LogP contribution in [0.5, 0.6) is 0 Å². The molecule has 0 saturated carbocycles. The first-order chi connectivity index (χ1) is 14.3. The third-order valence-electron chi connectivity index (χ3n) is 4.68. The molecule has 0 aliphatic carbocycles. The van der Waals surface area contributed by atoms with E-state index in [-0.39, 0.29) is 17.4 Å². The predicted octanol–water partition coefficient (Wildman–Crippen LogP) is 3.79. The molecule has 1 aromatic heterocycles. The third-order valence-corrected chi connectivity index (χ3v) is 5.65. The van der Waals surface area contributed by atoms with Gasteiger partial charge >= 0.3 is 6.18 Å². The maximum atomic E-state index is 13.2. The molecule has 3 N–H and O–H groups in total. The normalized spacial score (nSPS) is 14.6. The third kappa shape index (κ3) is 5.26. The van der Waals surface area contributed by atoms with Crippen LogP contribution in [0.3, 0.4) is 0 Å². The molecule has 0 unspecified atom stereocenters. The largest absolute Gasteiger partial charge is 0.416 e. The van der Waals surface area contributed by atoms with E-state index in [0.29, 0.717) is 17.4 Å². The molecule has 0 radical (unpaired) electrons. The van der Waals surface area contributed by atoms with Crippen molar-refractivity contribution in [3.8, 4) is 0 Å². The molecule has 162 valence electrons. The Bertz CT molecular complexity index is 908. The number of carbonyl (C=O) groups is 1. The number of anilines is 3. The topological polar surface area (TPSA) is 89.1 Å². The summed E-state index contributed by atoms with van der Waals surface area (Å²) in [5.41, 5.74) is 5.69. The van der Waals surface area contributed by atoms with Crippen LogP contribution in [-0.2, 0) is 17.5 Å². The van der Waals surface area contributed by atoms with Crippen molar-refractivity contribution in [3.63, 3.8) is 0 Å². The summed E-state index contributed by atoms with van der Waals surface area (Å²) in [5.74, 6) is -0.294. The van der Waals surface area contributed by atoms with Crippen LogP contribution in [0.25, 0.3) is 0 Å². The number of rotatable bonds is 7. The summed E-state index contributed by atoms with van der Waals surface area (Å²) in [5, 5.41) is 10.8. The molecule has 0 spiro atoms. The number of alkyl halides is 3. The molecule has 1 fully saturated rings. The highest BCUT2D eigenvalue weighted by Gasteiger charge is 2.32. The monoisotopic (exact) mass is 440 g/mol. The van der Waals surface area contributed by atoms with Gasteiger partial charge in [0.15, 0.2) is 5.16 Å². The van der Waals surface area contributed by atoms with E-state index < -0.39 is 17.6 Å². The lowest BCUT2D eigenvalue weighted by molar-refractivity contribution is -0.137. The van der Waals surface area contributed by atoms with Crippen molar-refractivity contribution in [2.75, 3.05) is 34.8 Å². The Kier molecular flexibility index (Phi) is 6.91. The van der Waals surface area contributed by atoms with Gasteiger partial charge in [-0.3, -0.25) is 9.36 Å². The van der Waals surface area contributed by atoms with Crippen LogP contribution in [-0.4, -0.2) is 39.5 Å². The minimum absolute atomic E-state index is 0.0506. The second-order valence-corrected chi connectivity index (χ2v) is 7.80. The minimum Gasteiger partial charge on any atom is -0.370 e. The number of nitrogens with zero attached hydrogens (tertiary/aromatic N) is 4. The van der Waals surface area contributed by atoms with E-state index in [4.69, 9.17) is 5.73 Å². The second kappa shape index (κ2) is 9.41. The highest BCUT2D eigenvalue weighted by Crippen LogP contribution is 2.36. The maximum absolute atomic E-state index is 13.2. The number of hydrogen-bond acceptors (Lipinski definition) is 6. The van der Waals surface area contributed by atoms with Gasteiger partial charge in [-0.2, -0.15) is 13.2 Å². The van der Waals surface area contributed by atoms with Crippen molar-refractivity contribution in [2.24, 2.45) is 0 Å². The highest BCUT2D eigenvalue weighted by molar-refractivity contribution is 7.99. The van der Waals surface area contributed by atoms with E-state index >= 15 is 0 Å². The quantitative estimate of drug-likeness (QED) is 0.503. The first-order valence-electron chi connectivity index (χ1n) is 9.48. The van der Waals surface area contributed by atoms with Crippen LogP contribution in [0.15, 0.2) is 36.0 Å². The Labute approximate surface area is 176 Å². The zero-order valence-electron chi connectivity index (χ0n) is 16.3. The Morgan fingerprint density at radius 1 is 1.27 bits per heavy atom. The molecule has 0 bridgehead atoms. The standard InChI is InChI=1S/C19H23F3N6OS/c1-2-8-28-17(23)25-26-18(28)30-12-16(29)24-14-11-13(19(20,21)22)6-7-15(14)27-9-4-3-5-10-27/h2,6-7,11H,1,3-5,8-10,12H2,(H2,23,25)(H,24,29). The lowest BCUT2D eigenvalue weighted by Crippen LogP contribution is -2.30. The molecule has 1 aliphatic heterocycles. The summed E-state index contributed by atoms with van der Waals surface area (Å²) >= 11 is 1.10. The Balaban J connectivity index is 1.76. The molecular weight excluding hydrogens is 417 g/mol. The first kappa shape index (κ1) is 22.0. The van der Waals surface area contributed by atoms with Crippen molar-refractivity contribution in [1.82, 2.24) is 14.8 Å². The van der Waals surface area contributed by atoms with Gasteiger partial charge in [-0.05, 0) is 37.5 Å². The van der Waals surface area contributed by atoms with Gasteiger partial charge in [0, 0.05) is 19.6 Å². The number of allylic oxidation sites excluding steroid dienone is 1. The fourth-order valence-electron chi connectivity index (χ4n) is 3.25. The van der Waals surface area contributed by atoms with Crippen LogP contribution in [0.4, 0.5) is 30.5 Å². The average molecular weight is 440 g/mol. The van der Waals surface area contributed by atoms with Crippen LogP contribution < -0.4 is 16.0 Å². The van der Waals surface area contributed by atoms with Crippen molar-refractivity contribution >= 4 is 35.0 Å². The molecule has 1 aromatic carbocycles. The number of hydrogen-bond donors (Lipinski definition) is 2. The second-order valence-electron chi connectivity index (χ2n) is 6.85. The number of piperidine rings is 1. The fraction of sp³-hybridized carbons (Fsp3) is 0.421. The van der Waals surface area contributed by atoms with Gasteiger partial charge in [0.25, 0.3) is 0 Å². The van der Waals surface area contributed by atoms with Gasteiger partial charge in [-0.15, -0.1) is 16.8 Å². The van der Waals surface area contributed by atoms with Gasteiger partial charge in [0.2, 0.25) is 11.9 Å². The summed E-state index contributed by atoms with van der Waals surface area (Å²) in [6.45, 7) is 5.50. The van der Waals surface area contributed by atoms with Crippen molar-refractivity contribution in [2.45, 2.75) is 37.1 Å². The van der Waals surface area contributed by atoms with Gasteiger partial charge in [0.1, 0.15) is 0 Å². The number of carbonyl (C=O) groups excluding carboxylic acids is 1. The molecule has 1 aliphatic rings. The van der Waals surface area contributed by atoms with E-state index in [2.05, 4.69) is 22.1 Å². The van der Waals surface area contributed by atoms with Gasteiger partial charge < -0.3 is 16.0 Å². The van der Waals surface area contributed by atoms with Crippen LogP contribution in [0.1, 0.15) is 24.8 Å². The molecule has 0 atom stereocenters. The van der Waals surface area contributed by atoms with E-state index in [1.807, 2.05) is 4.90 Å². The molecule has 1 amide bonds. The molecule has 30 heavy (non-hydrogen) atoms. The summed E-state index contributed by atoms with van der Waals surface area (Å²) in [6, 6.07) is 3.47. The average Bonchev–Trinajstić information content (AvgIpc) is 3.06. The Hall–Kier alpha value is -2.69. The van der Waals surface area contributed by atoms with E-state index in [9.17, 15) is 18.0 Å². The summed E-state index contributed by atoms with van der Waals surface area (Å²) in [4.78, 5) is 14.5. The number of aromatic nitrogens is 3. The smallest absolute Gasteiger partial charge is 0.370 e. The van der Waals surface area contributed by atoms with Crippen LogP contribution >= 0.6 is 11.8 Å².